The molecule has 10 heteroatoms. The first-order valence-corrected chi connectivity index (χ1v) is 14.3. The van der Waals surface area contributed by atoms with Gasteiger partial charge in [-0.05, 0) is 75.1 Å². The Balaban J connectivity index is 1.17. The highest BCUT2D eigenvalue weighted by molar-refractivity contribution is 6.35. The predicted octanol–water partition coefficient (Wildman–Crippen LogP) is 6.40. The van der Waals surface area contributed by atoms with Crippen LogP contribution in [0.3, 0.4) is 0 Å². The Labute approximate surface area is 233 Å². The van der Waals surface area contributed by atoms with Gasteiger partial charge in [-0.25, -0.2) is 4.98 Å². The number of carboxylic acids is 1. The molecule has 2 aliphatic heterocycles. The molecule has 3 fully saturated rings. The van der Waals surface area contributed by atoms with E-state index in [1.807, 2.05) is 26.0 Å². The lowest BCUT2D eigenvalue weighted by molar-refractivity contribution is -0.161. The lowest BCUT2D eigenvalue weighted by atomic mass is 9.63. The van der Waals surface area contributed by atoms with Crippen molar-refractivity contribution < 1.29 is 9.90 Å². The summed E-state index contributed by atoms with van der Waals surface area (Å²) in [4.78, 5) is 25.7. The van der Waals surface area contributed by atoms with Crippen LogP contribution in [0.1, 0.15) is 57.6 Å². The molecule has 1 aliphatic carbocycles. The molecule has 0 bridgehead atoms. The monoisotopic (exact) mass is 565 g/mol. The van der Waals surface area contributed by atoms with Gasteiger partial charge in [0, 0.05) is 35.7 Å². The molecule has 1 aromatic carbocycles. The molecular weight excluding hydrogens is 533 g/mol. The highest BCUT2D eigenvalue weighted by Crippen LogP contribution is 2.48. The van der Waals surface area contributed by atoms with Gasteiger partial charge in [0.15, 0.2) is 5.82 Å². The molecule has 0 spiro atoms. The predicted molar refractivity (Wildman–Crippen MR) is 149 cm³/mol. The van der Waals surface area contributed by atoms with Gasteiger partial charge in [0.05, 0.1) is 17.7 Å². The molecule has 0 amide bonds. The molecule has 2 aromatic rings. The third kappa shape index (κ3) is 5.38. The lowest BCUT2D eigenvalue weighted by Crippen LogP contribution is -2.59. The first kappa shape index (κ1) is 26.8. The number of carbonyl (C=O) groups is 1. The van der Waals surface area contributed by atoms with E-state index in [4.69, 9.17) is 39.8 Å². The molecule has 200 valence electrons. The van der Waals surface area contributed by atoms with Crippen LogP contribution in [0, 0.1) is 17.3 Å². The van der Waals surface area contributed by atoms with Crippen molar-refractivity contribution in [3.8, 4) is 0 Å². The Kier molecular flexibility index (Phi) is 7.79. The van der Waals surface area contributed by atoms with Crippen LogP contribution in [0.15, 0.2) is 24.4 Å². The molecule has 2 N–H and O–H groups in total. The van der Waals surface area contributed by atoms with Gasteiger partial charge in [0.1, 0.15) is 5.02 Å². The van der Waals surface area contributed by atoms with E-state index in [1.165, 1.54) is 12.8 Å². The van der Waals surface area contributed by atoms with Gasteiger partial charge >= 0.3 is 5.97 Å². The van der Waals surface area contributed by atoms with Gasteiger partial charge in [0.2, 0.25) is 5.95 Å². The molecule has 1 unspecified atom stereocenters. The number of likely N-dealkylation sites (tertiary alicyclic amines) is 1. The van der Waals surface area contributed by atoms with Crippen molar-refractivity contribution in [3.05, 3.63) is 45.0 Å². The van der Waals surface area contributed by atoms with Gasteiger partial charge in [-0.15, -0.1) is 0 Å². The first-order valence-electron chi connectivity index (χ1n) is 13.2. The fourth-order valence-corrected chi connectivity index (χ4v) is 6.91. The quantitative estimate of drug-likeness (QED) is 0.382. The van der Waals surface area contributed by atoms with Crippen molar-refractivity contribution in [2.45, 2.75) is 58.0 Å². The molecule has 0 radical (unpaired) electrons. The fraction of sp³-hybridized carbons (Fsp3) is 0.593. The lowest BCUT2D eigenvalue weighted by Gasteiger charge is -2.53. The fourth-order valence-electron chi connectivity index (χ4n) is 6.19. The zero-order valence-electron chi connectivity index (χ0n) is 21.3. The summed E-state index contributed by atoms with van der Waals surface area (Å²) >= 11 is 18.8. The van der Waals surface area contributed by atoms with Crippen LogP contribution in [0.2, 0.25) is 15.1 Å². The van der Waals surface area contributed by atoms with E-state index >= 15 is 0 Å². The number of rotatable bonds is 8. The molecule has 1 saturated carbocycles. The maximum atomic E-state index is 11.7. The normalized spacial score (nSPS) is 27.3. The number of aromatic nitrogens is 2. The van der Waals surface area contributed by atoms with Crippen LogP contribution >= 0.6 is 34.8 Å². The number of anilines is 2. The van der Waals surface area contributed by atoms with Crippen LogP contribution in [-0.4, -0.2) is 58.2 Å². The summed E-state index contributed by atoms with van der Waals surface area (Å²) in [5.41, 5.74) is 0.415. The van der Waals surface area contributed by atoms with E-state index < -0.39 is 11.4 Å². The second-order valence-electron chi connectivity index (χ2n) is 11.0. The van der Waals surface area contributed by atoms with Crippen LogP contribution in [-0.2, 0) is 4.79 Å². The standard InChI is InChI=1S/C27H34Cl3N5O2/c1-3-27(25(36)37)10-20(11-27)34-8-4-5-17(13-34)18-14-35(15-18)26-31-12-23(30)24(33-26)32-16(2)21-7-6-19(28)9-22(21)29/h6-7,9,12,16-18,20H,3-5,8,10-11,13-15H2,1-2H3,(H,36,37)(H,31,32,33)/t16-,17?,20?,27?/m1/s1. The second-order valence-corrected chi connectivity index (χ2v) is 12.2. The maximum Gasteiger partial charge on any atom is 0.309 e. The van der Waals surface area contributed by atoms with E-state index in [2.05, 4.69) is 20.1 Å². The number of hydrogen-bond donors (Lipinski definition) is 2. The minimum absolute atomic E-state index is 0.110. The number of nitrogens with one attached hydrogen (secondary N) is 1. The van der Waals surface area contributed by atoms with Crippen LogP contribution < -0.4 is 10.2 Å². The molecule has 2 saturated heterocycles. The Hall–Kier alpha value is -1.80. The van der Waals surface area contributed by atoms with Crippen molar-refractivity contribution >= 4 is 52.5 Å². The van der Waals surface area contributed by atoms with Crippen LogP contribution in [0.4, 0.5) is 11.8 Å². The third-order valence-corrected chi connectivity index (χ3v) is 9.60. The first-order chi connectivity index (χ1) is 17.7. The van der Waals surface area contributed by atoms with Crippen molar-refractivity contribution in [2.24, 2.45) is 17.3 Å². The molecule has 2 atom stereocenters. The van der Waals surface area contributed by atoms with Crippen molar-refractivity contribution in [1.82, 2.24) is 14.9 Å². The van der Waals surface area contributed by atoms with Crippen molar-refractivity contribution in [2.75, 3.05) is 36.4 Å². The minimum Gasteiger partial charge on any atom is -0.481 e. The average Bonchev–Trinajstić information content (AvgIpc) is 2.80. The Morgan fingerprint density at radius 2 is 1.95 bits per heavy atom. The maximum absolute atomic E-state index is 11.7. The number of piperidine rings is 1. The SMILES string of the molecule is CCC1(C(=O)O)CC(N2CCCC(C3CN(c4ncc(Cl)c(N[C@H](C)c5ccc(Cl)cc5Cl)n4)C3)C2)C1. The molecule has 1 aromatic heterocycles. The van der Waals surface area contributed by atoms with Crippen LogP contribution in [0.5, 0.6) is 0 Å². The zero-order valence-corrected chi connectivity index (χ0v) is 23.5. The van der Waals surface area contributed by atoms with Crippen LogP contribution in [0.25, 0.3) is 0 Å². The summed E-state index contributed by atoms with van der Waals surface area (Å²) in [6, 6.07) is 5.76. The summed E-state index contributed by atoms with van der Waals surface area (Å²) in [5, 5.41) is 14.7. The smallest absolute Gasteiger partial charge is 0.309 e. The molecule has 7 nitrogen and oxygen atoms in total. The summed E-state index contributed by atoms with van der Waals surface area (Å²) in [7, 11) is 0. The average molecular weight is 567 g/mol. The van der Waals surface area contributed by atoms with Crippen molar-refractivity contribution in [3.63, 3.8) is 0 Å². The van der Waals surface area contributed by atoms with Gasteiger partial charge in [-0.2, -0.15) is 4.98 Å². The van der Waals surface area contributed by atoms with E-state index in [9.17, 15) is 9.90 Å². The Bertz CT molecular complexity index is 1150. The van der Waals surface area contributed by atoms with E-state index in [0.29, 0.717) is 44.7 Å². The summed E-state index contributed by atoms with van der Waals surface area (Å²) in [5.74, 6) is 1.86. The second kappa shape index (κ2) is 10.8. The van der Waals surface area contributed by atoms with E-state index in [1.54, 1.807) is 12.3 Å². The molecule has 3 aliphatic rings. The van der Waals surface area contributed by atoms with Crippen molar-refractivity contribution in [1.29, 1.82) is 0 Å². The number of hydrogen-bond acceptors (Lipinski definition) is 6. The molecule has 5 rings (SSSR count). The zero-order chi connectivity index (χ0) is 26.3. The number of carboxylic acid groups (broad SMARTS) is 1. The third-order valence-electron chi connectivity index (χ3n) is 8.76. The number of nitrogens with zero attached hydrogens (tertiary/aromatic N) is 4. The minimum atomic E-state index is -0.628. The molecular formula is C27H34Cl3N5O2. The number of halogens is 3. The highest BCUT2D eigenvalue weighted by Gasteiger charge is 2.51. The largest absolute Gasteiger partial charge is 0.481 e. The van der Waals surface area contributed by atoms with E-state index in [-0.39, 0.29) is 6.04 Å². The van der Waals surface area contributed by atoms with Gasteiger partial charge in [-0.1, -0.05) is 47.8 Å². The molecule has 37 heavy (non-hydrogen) atoms. The number of benzene rings is 1. The summed E-state index contributed by atoms with van der Waals surface area (Å²) in [6.45, 7) is 8.01. The Morgan fingerprint density at radius 3 is 2.62 bits per heavy atom. The van der Waals surface area contributed by atoms with Gasteiger partial charge in [-0.3, -0.25) is 4.79 Å². The highest BCUT2D eigenvalue weighted by atomic mass is 35.5. The van der Waals surface area contributed by atoms with Gasteiger partial charge in [0.25, 0.3) is 0 Å². The summed E-state index contributed by atoms with van der Waals surface area (Å²) < 4.78 is 0. The van der Waals surface area contributed by atoms with E-state index in [0.717, 1.165) is 51.0 Å². The summed E-state index contributed by atoms with van der Waals surface area (Å²) in [6.07, 6.45) is 6.36. The Morgan fingerprint density at radius 1 is 1.19 bits per heavy atom. The molecule has 3 heterocycles. The topological polar surface area (TPSA) is 81.6 Å². The van der Waals surface area contributed by atoms with Gasteiger partial charge < -0.3 is 20.2 Å². The number of aliphatic carboxylic acids is 1.